The van der Waals surface area contributed by atoms with Gasteiger partial charge in [0, 0.05) is 0 Å². The molecule has 9 aromatic rings. The molecule has 0 saturated carbocycles. The SMILES string of the molecule is C/C=C\C.C/C=C\C=C/c1cc2c(c3ccccc13)-c1cccc(-c3cccc(-c4ccc5ccc6c7c(ccc4c57)CCC=6)c3)c1C2(c1ccccc1)c1ccccc1.C=C(C)/C=C\CC. The summed E-state index contributed by atoms with van der Waals surface area (Å²) in [6.07, 6.45) is 22.5. The van der Waals surface area contributed by atoms with Crippen LogP contribution in [0.5, 0.6) is 0 Å². The van der Waals surface area contributed by atoms with Crippen LogP contribution < -0.4 is 5.22 Å². The molecule has 0 unspecified atom stereocenters. The topological polar surface area (TPSA) is 0 Å². The lowest BCUT2D eigenvalue weighted by Gasteiger charge is -2.35. The van der Waals surface area contributed by atoms with Gasteiger partial charge in [-0.05, 0) is 163 Å². The van der Waals surface area contributed by atoms with Gasteiger partial charge in [0.1, 0.15) is 0 Å². The van der Waals surface area contributed by atoms with E-state index in [0.29, 0.717) is 0 Å². The molecule has 0 amide bonds. The first kappa shape index (κ1) is 44.7. The molecular weight excluding hydrogens is 805 g/mol. The van der Waals surface area contributed by atoms with Crippen LogP contribution in [0.15, 0.2) is 225 Å². The average molecular weight is 865 g/mol. The molecule has 0 fully saturated rings. The molecule has 0 N–H and O–H groups in total. The van der Waals surface area contributed by atoms with Crippen molar-refractivity contribution in [3.63, 3.8) is 0 Å². The largest absolute Gasteiger partial charge is 0.0961 e. The summed E-state index contributed by atoms with van der Waals surface area (Å²) in [5, 5.41) is 9.40. The second-order valence-corrected chi connectivity index (χ2v) is 17.7. The highest BCUT2D eigenvalue weighted by molar-refractivity contribution is 6.17. The molecule has 0 atom stereocenters. The lowest BCUT2D eigenvalue weighted by Crippen LogP contribution is -2.29. The van der Waals surface area contributed by atoms with Crippen molar-refractivity contribution in [1.82, 2.24) is 0 Å². The van der Waals surface area contributed by atoms with Crippen molar-refractivity contribution in [1.29, 1.82) is 0 Å². The van der Waals surface area contributed by atoms with Crippen molar-refractivity contribution in [3.8, 4) is 33.4 Å². The fourth-order valence-electron chi connectivity index (χ4n) is 10.5. The number of hydrogen-bond donors (Lipinski definition) is 0. The molecule has 9 aromatic carbocycles. The zero-order valence-electron chi connectivity index (χ0n) is 39.7. The Morgan fingerprint density at radius 3 is 1.91 bits per heavy atom. The standard InChI is InChI=1S/C56H40.C7H12.C4H8/c1-2-3-6-16-42-36-51-54(48-26-12-11-25-45(42)48)50-28-15-27-47(55(50)56(51,43-21-7-4-8-22-43)44-23-9-5-10-24-44)41-20-14-19-40(35-41)46-33-31-39-30-29-37-17-13-18-38-32-34-49(46)53(39)52(37)38;1-4-5-6-7(2)3;1-3-4-2/h2-12,14-17,19-36H,13,18H2,1H3;5-6H,2,4H2,1,3H3;3-4H,1-2H3/b3-2-,16-6-;6-5-;4-3-. The van der Waals surface area contributed by atoms with Crippen LogP contribution in [0.4, 0.5) is 0 Å². The summed E-state index contributed by atoms with van der Waals surface area (Å²) in [6.45, 7) is 13.9. The van der Waals surface area contributed by atoms with E-state index in [2.05, 4.69) is 227 Å². The Hall–Kier alpha value is -7.54. The molecule has 0 aromatic heterocycles. The molecule has 0 radical (unpaired) electrons. The third-order valence-corrected chi connectivity index (χ3v) is 13.4. The van der Waals surface area contributed by atoms with E-state index in [1.807, 2.05) is 39.0 Å². The number of aryl methyl sites for hydroxylation is 1. The molecule has 11 rings (SSSR count). The summed E-state index contributed by atoms with van der Waals surface area (Å²) in [5.41, 5.74) is 16.1. The number of hydrogen-bond acceptors (Lipinski definition) is 0. The quantitative estimate of drug-likeness (QED) is 0.105. The van der Waals surface area contributed by atoms with E-state index in [4.69, 9.17) is 0 Å². The lowest BCUT2D eigenvalue weighted by molar-refractivity contribution is 0.771. The van der Waals surface area contributed by atoms with E-state index in [-0.39, 0.29) is 0 Å². The van der Waals surface area contributed by atoms with Crippen molar-refractivity contribution in [2.24, 2.45) is 0 Å². The molecule has 0 heterocycles. The third-order valence-electron chi connectivity index (χ3n) is 13.4. The highest BCUT2D eigenvalue weighted by atomic mass is 14.5. The van der Waals surface area contributed by atoms with Crippen molar-refractivity contribution in [2.75, 3.05) is 0 Å². The third kappa shape index (κ3) is 8.23. The number of fused-ring (bicyclic) bond motifs is 5. The van der Waals surface area contributed by atoms with Crippen LogP contribution in [-0.4, -0.2) is 0 Å². The van der Waals surface area contributed by atoms with E-state index in [0.717, 1.165) is 24.8 Å². The smallest absolute Gasteiger partial charge is 0.0720 e. The second kappa shape index (κ2) is 19.9. The number of benzene rings is 9. The van der Waals surface area contributed by atoms with Crippen molar-refractivity contribution >= 4 is 44.5 Å². The van der Waals surface area contributed by atoms with E-state index < -0.39 is 5.41 Å². The van der Waals surface area contributed by atoms with E-state index >= 15 is 0 Å². The second-order valence-electron chi connectivity index (χ2n) is 17.7. The van der Waals surface area contributed by atoms with Gasteiger partial charge in [-0.3, -0.25) is 0 Å². The first-order valence-electron chi connectivity index (χ1n) is 24.0. The molecule has 2 aliphatic carbocycles. The van der Waals surface area contributed by atoms with Gasteiger partial charge in [0.05, 0.1) is 5.41 Å². The number of allylic oxidation sites excluding steroid dienone is 8. The van der Waals surface area contributed by atoms with Crippen molar-refractivity contribution in [2.45, 2.75) is 59.3 Å². The Labute approximate surface area is 398 Å². The van der Waals surface area contributed by atoms with Gasteiger partial charge >= 0.3 is 0 Å². The summed E-state index contributed by atoms with van der Waals surface area (Å²) in [6, 6.07) is 64.2. The molecule has 0 saturated heterocycles. The average Bonchev–Trinajstić information content (AvgIpc) is 3.69. The van der Waals surface area contributed by atoms with Crippen molar-refractivity contribution < 1.29 is 0 Å². The fraction of sp³-hybridized carbons (Fsp3) is 0.134. The molecule has 0 spiro atoms. The van der Waals surface area contributed by atoms with Crippen LogP contribution in [0.25, 0.3) is 77.9 Å². The van der Waals surface area contributed by atoms with E-state index in [1.165, 1.54) is 104 Å². The first-order chi connectivity index (χ1) is 32.9. The van der Waals surface area contributed by atoms with Crippen molar-refractivity contribution in [3.05, 3.63) is 263 Å². The summed E-state index contributed by atoms with van der Waals surface area (Å²) in [4.78, 5) is 0. The summed E-state index contributed by atoms with van der Waals surface area (Å²) in [5.74, 6) is 0. The highest BCUT2D eigenvalue weighted by Gasteiger charge is 2.48. The Bertz CT molecular complexity index is 3380. The predicted molar refractivity (Wildman–Crippen MR) is 294 cm³/mol. The monoisotopic (exact) mass is 864 g/mol. The fourth-order valence-corrected chi connectivity index (χ4v) is 10.5. The van der Waals surface area contributed by atoms with E-state index in [1.54, 1.807) is 0 Å². The minimum absolute atomic E-state index is 0.563. The lowest BCUT2D eigenvalue weighted by atomic mass is 9.65. The molecular formula is C67H60. The van der Waals surface area contributed by atoms with Gasteiger partial charge in [0.25, 0.3) is 0 Å². The maximum Gasteiger partial charge on any atom is 0.0720 e. The molecule has 67 heavy (non-hydrogen) atoms. The predicted octanol–water partition coefficient (Wildman–Crippen LogP) is 18.0. The van der Waals surface area contributed by atoms with Crippen LogP contribution in [-0.2, 0) is 11.8 Å². The van der Waals surface area contributed by atoms with E-state index in [9.17, 15) is 0 Å². The van der Waals surface area contributed by atoms with Crippen LogP contribution in [0, 0.1) is 0 Å². The Morgan fingerprint density at radius 1 is 0.582 bits per heavy atom. The summed E-state index contributed by atoms with van der Waals surface area (Å²) >= 11 is 0. The molecule has 328 valence electrons. The summed E-state index contributed by atoms with van der Waals surface area (Å²) in [7, 11) is 0. The van der Waals surface area contributed by atoms with Gasteiger partial charge in [0.2, 0.25) is 0 Å². The van der Waals surface area contributed by atoms with Gasteiger partial charge in [-0.15, -0.1) is 0 Å². The van der Waals surface area contributed by atoms with Crippen LogP contribution >= 0.6 is 0 Å². The minimum Gasteiger partial charge on any atom is -0.0961 e. The Morgan fingerprint density at radius 2 is 1.24 bits per heavy atom. The first-order valence-corrected chi connectivity index (χ1v) is 24.0. The molecule has 2 aliphatic rings. The number of rotatable bonds is 8. The zero-order chi connectivity index (χ0) is 46.3. The minimum atomic E-state index is -0.563. The maximum absolute atomic E-state index is 3.71. The van der Waals surface area contributed by atoms with Gasteiger partial charge < -0.3 is 0 Å². The van der Waals surface area contributed by atoms with Gasteiger partial charge in [0.15, 0.2) is 0 Å². The summed E-state index contributed by atoms with van der Waals surface area (Å²) < 4.78 is 0. The Balaban J connectivity index is 0.000000461. The molecule has 0 heteroatoms. The highest BCUT2D eigenvalue weighted by Crippen LogP contribution is 2.60. The zero-order valence-corrected chi connectivity index (χ0v) is 39.7. The van der Waals surface area contributed by atoms with Crippen LogP contribution in [0.3, 0.4) is 0 Å². The molecule has 0 bridgehead atoms. The molecule has 0 nitrogen and oxygen atoms in total. The maximum atomic E-state index is 3.71. The van der Waals surface area contributed by atoms with Gasteiger partial charge in [-0.1, -0.05) is 231 Å². The van der Waals surface area contributed by atoms with Gasteiger partial charge in [-0.2, -0.15) is 0 Å². The Kier molecular flexibility index (Phi) is 13.3. The normalized spacial score (nSPS) is 13.4. The van der Waals surface area contributed by atoms with Crippen LogP contribution in [0.2, 0.25) is 0 Å². The van der Waals surface area contributed by atoms with Crippen LogP contribution in [0.1, 0.15) is 80.8 Å². The van der Waals surface area contributed by atoms with Gasteiger partial charge in [-0.25, -0.2) is 0 Å². The molecule has 0 aliphatic heterocycles.